The number of rotatable bonds is 5. The molecule has 3 nitrogen and oxygen atoms in total. The van der Waals surface area contributed by atoms with Crippen LogP contribution in [-0.4, -0.2) is 19.0 Å². The van der Waals surface area contributed by atoms with Crippen LogP contribution in [0.25, 0.3) is 10.1 Å². The summed E-state index contributed by atoms with van der Waals surface area (Å²) in [4.78, 5) is 11.6. The Balaban J connectivity index is 1.95. The van der Waals surface area contributed by atoms with Gasteiger partial charge in [0.05, 0.1) is 6.54 Å². The second kappa shape index (κ2) is 5.80. The highest BCUT2D eigenvalue weighted by Crippen LogP contribution is 2.23. The van der Waals surface area contributed by atoms with Crippen LogP contribution < -0.4 is 10.6 Å². The monoisotopic (exact) mass is 248 g/mol. The lowest BCUT2D eigenvalue weighted by Gasteiger charge is -2.06. The van der Waals surface area contributed by atoms with E-state index >= 15 is 0 Å². The standard InChI is InChI=1S/C13H16N2OS/c1-2-6-14-9-13(16)15-11-3-4-12-10(8-11)5-7-17-12/h3-5,7-8,14H,2,6,9H2,1H3,(H,15,16). The van der Waals surface area contributed by atoms with Crippen molar-refractivity contribution < 1.29 is 4.79 Å². The zero-order chi connectivity index (χ0) is 12.1. The molecule has 0 aliphatic rings. The number of anilines is 1. The summed E-state index contributed by atoms with van der Waals surface area (Å²) < 4.78 is 1.24. The van der Waals surface area contributed by atoms with Crippen LogP contribution in [0.1, 0.15) is 13.3 Å². The molecule has 0 spiro atoms. The van der Waals surface area contributed by atoms with Crippen molar-refractivity contribution in [2.45, 2.75) is 13.3 Å². The van der Waals surface area contributed by atoms with Crippen molar-refractivity contribution in [3.05, 3.63) is 29.6 Å². The first-order chi connectivity index (χ1) is 8.29. The van der Waals surface area contributed by atoms with E-state index in [0.717, 1.165) is 18.7 Å². The van der Waals surface area contributed by atoms with Crippen LogP contribution in [0.2, 0.25) is 0 Å². The van der Waals surface area contributed by atoms with Gasteiger partial charge in [-0.2, -0.15) is 0 Å². The van der Waals surface area contributed by atoms with Crippen LogP contribution in [0.5, 0.6) is 0 Å². The summed E-state index contributed by atoms with van der Waals surface area (Å²) in [5.74, 6) is 0.00743. The Morgan fingerprint density at radius 3 is 3.06 bits per heavy atom. The van der Waals surface area contributed by atoms with Gasteiger partial charge in [0.15, 0.2) is 0 Å². The van der Waals surface area contributed by atoms with Crippen LogP contribution in [-0.2, 0) is 4.79 Å². The van der Waals surface area contributed by atoms with Gasteiger partial charge in [0, 0.05) is 10.4 Å². The Morgan fingerprint density at radius 2 is 2.24 bits per heavy atom. The molecule has 4 heteroatoms. The number of fused-ring (bicyclic) bond motifs is 1. The highest BCUT2D eigenvalue weighted by atomic mass is 32.1. The zero-order valence-corrected chi connectivity index (χ0v) is 10.6. The van der Waals surface area contributed by atoms with Crippen LogP contribution >= 0.6 is 11.3 Å². The minimum atomic E-state index is 0.00743. The first-order valence-electron chi connectivity index (χ1n) is 5.77. The molecule has 0 saturated carbocycles. The molecular weight excluding hydrogens is 232 g/mol. The molecular formula is C13H16N2OS. The van der Waals surface area contributed by atoms with E-state index in [4.69, 9.17) is 0 Å². The maximum atomic E-state index is 11.6. The minimum Gasteiger partial charge on any atom is -0.325 e. The number of hydrogen-bond donors (Lipinski definition) is 2. The van der Waals surface area contributed by atoms with Crippen molar-refractivity contribution in [2.75, 3.05) is 18.4 Å². The largest absolute Gasteiger partial charge is 0.325 e. The molecule has 0 aliphatic heterocycles. The van der Waals surface area contributed by atoms with Crippen molar-refractivity contribution in [2.24, 2.45) is 0 Å². The second-order valence-corrected chi connectivity index (χ2v) is 4.85. The maximum Gasteiger partial charge on any atom is 0.238 e. The van der Waals surface area contributed by atoms with E-state index < -0.39 is 0 Å². The molecule has 1 heterocycles. The van der Waals surface area contributed by atoms with Gasteiger partial charge in [0.1, 0.15) is 0 Å². The number of thiophene rings is 1. The van der Waals surface area contributed by atoms with Crippen molar-refractivity contribution >= 4 is 33.0 Å². The van der Waals surface area contributed by atoms with Crippen LogP contribution in [0.15, 0.2) is 29.6 Å². The van der Waals surface area contributed by atoms with Crippen LogP contribution in [0, 0.1) is 0 Å². The predicted molar refractivity (Wildman–Crippen MR) is 73.6 cm³/mol. The number of benzene rings is 1. The number of nitrogens with one attached hydrogen (secondary N) is 2. The summed E-state index contributed by atoms with van der Waals surface area (Å²) >= 11 is 1.71. The van der Waals surface area contributed by atoms with Gasteiger partial charge in [-0.05, 0) is 48.0 Å². The van der Waals surface area contributed by atoms with Gasteiger partial charge in [-0.25, -0.2) is 0 Å². The molecule has 1 aromatic carbocycles. The summed E-state index contributed by atoms with van der Waals surface area (Å²) in [5.41, 5.74) is 0.860. The fourth-order valence-corrected chi connectivity index (χ4v) is 2.40. The quantitative estimate of drug-likeness (QED) is 0.799. The Kier molecular flexibility index (Phi) is 4.12. The molecule has 90 valence electrons. The molecule has 0 radical (unpaired) electrons. The Morgan fingerprint density at radius 1 is 1.35 bits per heavy atom. The third-order valence-corrected chi connectivity index (χ3v) is 3.35. The van der Waals surface area contributed by atoms with Crippen molar-refractivity contribution in [3.8, 4) is 0 Å². The molecule has 0 atom stereocenters. The number of carbonyl (C=O) groups is 1. The molecule has 2 rings (SSSR count). The van der Waals surface area contributed by atoms with E-state index in [9.17, 15) is 4.79 Å². The van der Waals surface area contributed by atoms with Crippen molar-refractivity contribution in [1.82, 2.24) is 5.32 Å². The molecule has 0 saturated heterocycles. The normalized spacial score (nSPS) is 10.6. The van der Waals surface area contributed by atoms with E-state index in [1.54, 1.807) is 11.3 Å². The molecule has 0 unspecified atom stereocenters. The Bertz CT molecular complexity index is 507. The highest BCUT2D eigenvalue weighted by molar-refractivity contribution is 7.17. The van der Waals surface area contributed by atoms with Crippen LogP contribution in [0.4, 0.5) is 5.69 Å². The number of carbonyl (C=O) groups excluding carboxylic acids is 1. The predicted octanol–water partition coefficient (Wildman–Crippen LogP) is 2.84. The smallest absolute Gasteiger partial charge is 0.238 e. The Labute approximate surface area is 105 Å². The fourth-order valence-electron chi connectivity index (χ4n) is 1.63. The first-order valence-corrected chi connectivity index (χ1v) is 6.65. The average molecular weight is 248 g/mol. The number of amides is 1. The molecule has 1 aromatic heterocycles. The fraction of sp³-hybridized carbons (Fsp3) is 0.308. The van der Waals surface area contributed by atoms with E-state index in [2.05, 4.69) is 29.0 Å². The third kappa shape index (κ3) is 3.28. The van der Waals surface area contributed by atoms with Crippen molar-refractivity contribution in [1.29, 1.82) is 0 Å². The van der Waals surface area contributed by atoms with Crippen LogP contribution in [0.3, 0.4) is 0 Å². The molecule has 1 amide bonds. The average Bonchev–Trinajstić information content (AvgIpc) is 2.76. The third-order valence-electron chi connectivity index (χ3n) is 2.45. The molecule has 2 N–H and O–H groups in total. The van der Waals surface area contributed by atoms with E-state index in [1.807, 2.05) is 18.2 Å². The molecule has 2 aromatic rings. The zero-order valence-electron chi connectivity index (χ0n) is 9.82. The molecule has 0 bridgehead atoms. The van der Waals surface area contributed by atoms with E-state index in [0.29, 0.717) is 6.54 Å². The molecule has 17 heavy (non-hydrogen) atoms. The maximum absolute atomic E-state index is 11.6. The van der Waals surface area contributed by atoms with Crippen molar-refractivity contribution in [3.63, 3.8) is 0 Å². The SMILES string of the molecule is CCCNCC(=O)Nc1ccc2sccc2c1. The number of hydrogen-bond acceptors (Lipinski definition) is 3. The van der Waals surface area contributed by atoms with Gasteiger partial charge in [0.2, 0.25) is 5.91 Å². The van der Waals surface area contributed by atoms with E-state index in [1.165, 1.54) is 10.1 Å². The van der Waals surface area contributed by atoms with Gasteiger partial charge < -0.3 is 10.6 Å². The van der Waals surface area contributed by atoms with Gasteiger partial charge >= 0.3 is 0 Å². The Hall–Kier alpha value is -1.39. The first kappa shape index (κ1) is 12.1. The van der Waals surface area contributed by atoms with Gasteiger partial charge in [-0.15, -0.1) is 11.3 Å². The summed E-state index contributed by atoms with van der Waals surface area (Å²) in [6, 6.07) is 8.04. The van der Waals surface area contributed by atoms with E-state index in [-0.39, 0.29) is 5.91 Å². The van der Waals surface area contributed by atoms with Gasteiger partial charge in [0.25, 0.3) is 0 Å². The lowest BCUT2D eigenvalue weighted by atomic mass is 10.2. The van der Waals surface area contributed by atoms with Gasteiger partial charge in [-0.3, -0.25) is 4.79 Å². The minimum absolute atomic E-state index is 0.00743. The summed E-state index contributed by atoms with van der Waals surface area (Å²) in [6.45, 7) is 3.32. The lowest BCUT2D eigenvalue weighted by Crippen LogP contribution is -2.28. The summed E-state index contributed by atoms with van der Waals surface area (Å²) in [5, 5.41) is 9.19. The topological polar surface area (TPSA) is 41.1 Å². The lowest BCUT2D eigenvalue weighted by molar-refractivity contribution is -0.115. The molecule has 0 aliphatic carbocycles. The second-order valence-electron chi connectivity index (χ2n) is 3.90. The summed E-state index contributed by atoms with van der Waals surface area (Å²) in [7, 11) is 0. The highest BCUT2D eigenvalue weighted by Gasteiger charge is 2.02. The van der Waals surface area contributed by atoms with Gasteiger partial charge in [-0.1, -0.05) is 6.92 Å². The summed E-state index contributed by atoms with van der Waals surface area (Å²) in [6.07, 6.45) is 1.04. The molecule has 0 fully saturated rings.